The molecule has 0 aliphatic carbocycles. The first-order chi connectivity index (χ1) is 10.2. The van der Waals surface area contributed by atoms with E-state index in [0.717, 1.165) is 40.4 Å². The average molecular weight is 366 g/mol. The van der Waals surface area contributed by atoms with Crippen molar-refractivity contribution in [1.82, 2.24) is 0 Å². The van der Waals surface area contributed by atoms with Gasteiger partial charge in [0, 0.05) is 27.2 Å². The van der Waals surface area contributed by atoms with E-state index in [1.54, 1.807) is 11.8 Å². The molecule has 2 aromatic rings. The standard InChI is InChI=1S/C16H16BrNO2S/c17-13-4-2-11(8-14(13)18)10-21-12-3-5-15-16(9-12)20-7-1-6-19-15/h2-5,8-9H,1,6-7,10,18H2. The summed E-state index contributed by atoms with van der Waals surface area (Å²) in [4.78, 5) is 1.17. The van der Waals surface area contributed by atoms with Crippen LogP contribution in [-0.4, -0.2) is 13.2 Å². The highest BCUT2D eigenvalue weighted by Gasteiger charge is 2.11. The second-order valence-electron chi connectivity index (χ2n) is 4.80. The zero-order chi connectivity index (χ0) is 14.7. The summed E-state index contributed by atoms with van der Waals surface area (Å²) < 4.78 is 12.3. The van der Waals surface area contributed by atoms with Gasteiger partial charge >= 0.3 is 0 Å². The summed E-state index contributed by atoms with van der Waals surface area (Å²) in [5.41, 5.74) is 7.88. The van der Waals surface area contributed by atoms with E-state index in [9.17, 15) is 0 Å². The van der Waals surface area contributed by atoms with E-state index < -0.39 is 0 Å². The molecule has 0 unspecified atom stereocenters. The number of thioether (sulfide) groups is 1. The quantitative estimate of drug-likeness (QED) is 0.642. The van der Waals surface area contributed by atoms with Crippen LogP contribution in [0.15, 0.2) is 45.8 Å². The molecule has 0 saturated heterocycles. The maximum absolute atomic E-state index is 5.91. The van der Waals surface area contributed by atoms with Crippen LogP contribution in [0.1, 0.15) is 12.0 Å². The Kier molecular flexibility index (Phi) is 4.60. The molecule has 3 nitrogen and oxygen atoms in total. The molecule has 0 fully saturated rings. The fraction of sp³-hybridized carbons (Fsp3) is 0.250. The van der Waals surface area contributed by atoms with Crippen LogP contribution in [0.4, 0.5) is 5.69 Å². The number of ether oxygens (including phenoxy) is 2. The lowest BCUT2D eigenvalue weighted by Crippen LogP contribution is -1.97. The number of halogens is 1. The second kappa shape index (κ2) is 6.62. The maximum atomic E-state index is 5.91. The van der Waals surface area contributed by atoms with Crippen LogP contribution in [0, 0.1) is 0 Å². The average Bonchev–Trinajstić information content (AvgIpc) is 2.73. The highest BCUT2D eigenvalue weighted by atomic mass is 79.9. The predicted octanol–water partition coefficient (Wildman–Crippen LogP) is 4.48. The van der Waals surface area contributed by atoms with Crippen molar-refractivity contribution in [3.8, 4) is 11.5 Å². The Morgan fingerprint density at radius 2 is 1.86 bits per heavy atom. The number of anilines is 1. The van der Waals surface area contributed by atoms with Gasteiger partial charge in [-0.1, -0.05) is 6.07 Å². The van der Waals surface area contributed by atoms with Gasteiger partial charge in [-0.15, -0.1) is 11.8 Å². The minimum absolute atomic E-state index is 0.713. The Morgan fingerprint density at radius 1 is 1.05 bits per heavy atom. The number of hydrogen-bond donors (Lipinski definition) is 1. The molecule has 3 rings (SSSR count). The van der Waals surface area contributed by atoms with Crippen molar-refractivity contribution in [2.24, 2.45) is 0 Å². The lowest BCUT2D eigenvalue weighted by molar-refractivity contribution is 0.297. The highest BCUT2D eigenvalue weighted by Crippen LogP contribution is 2.35. The molecule has 2 aromatic carbocycles. The van der Waals surface area contributed by atoms with Crippen LogP contribution >= 0.6 is 27.7 Å². The number of nitrogens with two attached hydrogens (primary N) is 1. The largest absolute Gasteiger partial charge is 0.490 e. The molecule has 1 aliphatic heterocycles. The summed E-state index contributed by atoms with van der Waals surface area (Å²) in [5, 5.41) is 0. The molecule has 1 aliphatic rings. The van der Waals surface area contributed by atoms with E-state index in [-0.39, 0.29) is 0 Å². The van der Waals surface area contributed by atoms with Crippen molar-refractivity contribution in [3.05, 3.63) is 46.4 Å². The molecule has 0 bridgehead atoms. The fourth-order valence-corrected chi connectivity index (χ4v) is 3.20. The molecular formula is C16H16BrNO2S. The van der Waals surface area contributed by atoms with Gasteiger partial charge in [-0.05, 0) is 51.8 Å². The monoisotopic (exact) mass is 365 g/mol. The van der Waals surface area contributed by atoms with Crippen molar-refractivity contribution in [2.75, 3.05) is 18.9 Å². The van der Waals surface area contributed by atoms with Crippen molar-refractivity contribution >= 4 is 33.4 Å². The van der Waals surface area contributed by atoms with Crippen molar-refractivity contribution in [2.45, 2.75) is 17.1 Å². The van der Waals surface area contributed by atoms with Crippen LogP contribution in [0.5, 0.6) is 11.5 Å². The van der Waals surface area contributed by atoms with Crippen molar-refractivity contribution in [3.63, 3.8) is 0 Å². The third-order valence-corrected chi connectivity index (χ3v) is 4.97. The van der Waals surface area contributed by atoms with E-state index in [1.165, 1.54) is 10.5 Å². The Bertz CT molecular complexity index is 648. The van der Waals surface area contributed by atoms with E-state index >= 15 is 0 Å². The highest BCUT2D eigenvalue weighted by molar-refractivity contribution is 9.10. The van der Waals surface area contributed by atoms with Gasteiger partial charge in [-0.3, -0.25) is 0 Å². The van der Waals surface area contributed by atoms with Crippen molar-refractivity contribution < 1.29 is 9.47 Å². The van der Waals surface area contributed by atoms with Crippen LogP contribution in [0.25, 0.3) is 0 Å². The molecule has 0 aromatic heterocycles. The zero-order valence-electron chi connectivity index (χ0n) is 11.5. The molecule has 0 spiro atoms. The summed E-state index contributed by atoms with van der Waals surface area (Å²) in [6.07, 6.45) is 0.926. The maximum Gasteiger partial charge on any atom is 0.162 e. The van der Waals surface area contributed by atoms with E-state index in [1.807, 2.05) is 24.3 Å². The first-order valence-corrected chi connectivity index (χ1v) is 8.56. The molecule has 0 saturated carbocycles. The van der Waals surface area contributed by atoms with Crippen LogP contribution < -0.4 is 15.2 Å². The van der Waals surface area contributed by atoms with Gasteiger partial charge in [0.15, 0.2) is 11.5 Å². The van der Waals surface area contributed by atoms with Crippen LogP contribution in [0.2, 0.25) is 0 Å². The van der Waals surface area contributed by atoms with Gasteiger partial charge < -0.3 is 15.2 Å². The Morgan fingerprint density at radius 3 is 2.67 bits per heavy atom. The summed E-state index contributed by atoms with van der Waals surface area (Å²) in [6.45, 7) is 1.43. The third kappa shape index (κ3) is 3.66. The summed E-state index contributed by atoms with van der Waals surface area (Å²) in [6, 6.07) is 12.2. The molecular weight excluding hydrogens is 350 g/mol. The van der Waals surface area contributed by atoms with Gasteiger partial charge in [-0.2, -0.15) is 0 Å². The molecule has 1 heterocycles. The van der Waals surface area contributed by atoms with Crippen LogP contribution in [0.3, 0.4) is 0 Å². The summed E-state index contributed by atoms with van der Waals surface area (Å²) >= 11 is 5.17. The molecule has 0 amide bonds. The van der Waals surface area contributed by atoms with Crippen LogP contribution in [-0.2, 0) is 5.75 Å². The number of benzene rings is 2. The SMILES string of the molecule is Nc1cc(CSc2ccc3c(c2)OCCCO3)ccc1Br. The minimum Gasteiger partial charge on any atom is -0.490 e. The first-order valence-electron chi connectivity index (χ1n) is 6.79. The third-order valence-electron chi connectivity index (χ3n) is 3.18. The molecule has 110 valence electrons. The Balaban J connectivity index is 1.70. The van der Waals surface area contributed by atoms with Gasteiger partial charge in [-0.25, -0.2) is 0 Å². The van der Waals surface area contributed by atoms with Gasteiger partial charge in [0.2, 0.25) is 0 Å². The first kappa shape index (κ1) is 14.6. The number of rotatable bonds is 3. The van der Waals surface area contributed by atoms with E-state index in [2.05, 4.69) is 28.1 Å². The molecule has 0 atom stereocenters. The zero-order valence-corrected chi connectivity index (χ0v) is 13.9. The predicted molar refractivity (Wildman–Crippen MR) is 90.2 cm³/mol. The number of nitrogen functional groups attached to an aromatic ring is 1. The van der Waals surface area contributed by atoms with Gasteiger partial charge in [0.1, 0.15) is 0 Å². The topological polar surface area (TPSA) is 44.5 Å². The number of hydrogen-bond acceptors (Lipinski definition) is 4. The molecule has 5 heteroatoms. The van der Waals surface area contributed by atoms with Crippen molar-refractivity contribution in [1.29, 1.82) is 0 Å². The Hall–Kier alpha value is -1.33. The lowest BCUT2D eigenvalue weighted by Gasteiger charge is -2.09. The summed E-state index contributed by atoms with van der Waals surface area (Å²) in [7, 11) is 0. The normalized spacial score (nSPS) is 13.8. The summed E-state index contributed by atoms with van der Waals surface area (Å²) in [5.74, 6) is 2.55. The molecule has 0 radical (unpaired) electrons. The van der Waals surface area contributed by atoms with E-state index in [4.69, 9.17) is 15.2 Å². The van der Waals surface area contributed by atoms with Gasteiger partial charge in [0.25, 0.3) is 0 Å². The smallest absolute Gasteiger partial charge is 0.162 e. The molecule has 21 heavy (non-hydrogen) atoms. The Labute approximate surface area is 137 Å². The number of fused-ring (bicyclic) bond motifs is 1. The molecule has 2 N–H and O–H groups in total. The second-order valence-corrected chi connectivity index (χ2v) is 6.71. The van der Waals surface area contributed by atoms with E-state index in [0.29, 0.717) is 6.61 Å². The minimum atomic E-state index is 0.713. The fourth-order valence-electron chi connectivity index (χ4n) is 2.08. The van der Waals surface area contributed by atoms with Gasteiger partial charge in [0.05, 0.1) is 13.2 Å². The lowest BCUT2D eigenvalue weighted by atomic mass is 10.2.